The molecule has 0 spiro atoms. The van der Waals surface area contributed by atoms with E-state index < -0.39 is 32.5 Å². The van der Waals surface area contributed by atoms with Crippen molar-refractivity contribution in [2.24, 2.45) is 35.0 Å². The summed E-state index contributed by atoms with van der Waals surface area (Å²) in [5.74, 6) is -0.448. The highest BCUT2D eigenvalue weighted by atomic mass is 32.2. The molecule has 0 saturated heterocycles. The third-order valence-electron chi connectivity index (χ3n) is 8.58. The van der Waals surface area contributed by atoms with Crippen LogP contribution < -0.4 is 0 Å². The molecule has 3 fully saturated rings. The highest BCUT2D eigenvalue weighted by Crippen LogP contribution is 2.49. The van der Waals surface area contributed by atoms with Crippen LogP contribution in [0.15, 0.2) is 11.6 Å². The van der Waals surface area contributed by atoms with Gasteiger partial charge in [0.25, 0.3) is 0 Å². The number of carbonyl (C=O) groups excluding carboxylic acids is 2. The summed E-state index contributed by atoms with van der Waals surface area (Å²) in [5, 5.41) is -4.88. The number of ether oxygens (including phenoxy) is 2. The minimum Gasteiger partial charge on any atom is -0.438 e. The molecule has 4 aliphatic carbocycles. The van der Waals surface area contributed by atoms with E-state index in [0.29, 0.717) is 31.8 Å². The number of fused-ring (bicyclic) bond motifs is 4. The quantitative estimate of drug-likeness (QED) is 0.210. The van der Waals surface area contributed by atoms with Crippen LogP contribution in [0, 0.1) is 35.0 Å². The molecule has 4 bridgehead atoms. The maximum Gasteiger partial charge on any atom is 0.430 e. The minimum absolute atomic E-state index is 0.0153. The van der Waals surface area contributed by atoms with Gasteiger partial charge in [0.1, 0.15) is 0 Å². The lowest BCUT2D eigenvalue weighted by Crippen LogP contribution is -2.40. The van der Waals surface area contributed by atoms with Crippen molar-refractivity contribution in [3.05, 3.63) is 11.6 Å². The Morgan fingerprint density at radius 2 is 1.71 bits per heavy atom. The van der Waals surface area contributed by atoms with Gasteiger partial charge in [-0.25, -0.2) is 0 Å². The van der Waals surface area contributed by atoms with Crippen LogP contribution in [-0.2, 0) is 29.2 Å². The van der Waals surface area contributed by atoms with Crippen LogP contribution >= 0.6 is 0 Å². The van der Waals surface area contributed by atoms with Crippen LogP contribution in [0.25, 0.3) is 0 Å². The first kappa shape index (κ1) is 26.7. The summed E-state index contributed by atoms with van der Waals surface area (Å²) in [5.41, 5.74) is -1.14. The number of hydrogen-bond acceptors (Lipinski definition) is 6. The van der Waals surface area contributed by atoms with Gasteiger partial charge in [-0.05, 0) is 93.5 Å². The first-order valence-corrected chi connectivity index (χ1v) is 14.1. The van der Waals surface area contributed by atoms with Crippen molar-refractivity contribution in [1.82, 2.24) is 0 Å². The molecule has 0 radical (unpaired) electrons. The van der Waals surface area contributed by atoms with Crippen molar-refractivity contribution in [1.29, 1.82) is 0 Å². The van der Waals surface area contributed by atoms with Crippen molar-refractivity contribution < 1.29 is 40.8 Å². The Labute approximate surface area is 205 Å². The van der Waals surface area contributed by atoms with Gasteiger partial charge in [0.05, 0.1) is 12.0 Å². The Balaban J connectivity index is 1.28. The number of halogens is 2. The molecule has 0 amide bonds. The molecular weight excluding hydrogens is 482 g/mol. The lowest BCUT2D eigenvalue weighted by Gasteiger charge is -2.40. The molecule has 0 aromatic rings. The molecule has 0 aromatic heterocycles. The Bertz CT molecular complexity index is 951. The fourth-order valence-corrected chi connectivity index (χ4v) is 7.55. The largest absolute Gasteiger partial charge is 0.438 e. The average Bonchev–Trinajstić information content (AvgIpc) is 2.92. The van der Waals surface area contributed by atoms with E-state index in [1.165, 1.54) is 44.6 Å². The predicted octanol–water partition coefficient (Wildman–Crippen LogP) is 4.91. The number of hydrogen-bond donors (Lipinski definition) is 1. The molecule has 0 aromatic carbocycles. The summed E-state index contributed by atoms with van der Waals surface area (Å²) in [7, 11) is -5.86. The molecule has 3 saturated carbocycles. The molecule has 10 heteroatoms. The van der Waals surface area contributed by atoms with E-state index in [1.54, 1.807) is 6.92 Å². The van der Waals surface area contributed by atoms with Crippen LogP contribution in [-0.4, -0.2) is 43.4 Å². The second kappa shape index (κ2) is 10.2. The molecule has 0 heterocycles. The number of Topliss-reactive ketones (excluding diaryl/α,β-unsaturated/α-hetero) is 1. The van der Waals surface area contributed by atoms with Gasteiger partial charge in [-0.2, -0.15) is 17.2 Å². The first-order chi connectivity index (χ1) is 16.4. The topological polar surface area (TPSA) is 107 Å². The van der Waals surface area contributed by atoms with Gasteiger partial charge in [-0.15, -0.1) is 0 Å². The van der Waals surface area contributed by atoms with E-state index in [-0.39, 0.29) is 37.0 Å². The number of rotatable bonds is 8. The zero-order valence-corrected chi connectivity index (χ0v) is 21.0. The lowest BCUT2D eigenvalue weighted by molar-refractivity contribution is -0.173. The second-order valence-corrected chi connectivity index (χ2v) is 13.0. The van der Waals surface area contributed by atoms with Crippen molar-refractivity contribution in [2.75, 3.05) is 13.4 Å². The maximum atomic E-state index is 13.9. The number of esters is 1. The van der Waals surface area contributed by atoms with Crippen molar-refractivity contribution >= 4 is 21.9 Å². The number of alkyl halides is 2. The predicted molar refractivity (Wildman–Crippen MR) is 123 cm³/mol. The fraction of sp³-hybridized carbons (Fsp3) is 0.840. The molecule has 1 N–H and O–H groups in total. The molecule has 4 rings (SSSR count). The molecule has 5 atom stereocenters. The Kier molecular flexibility index (Phi) is 7.75. The Morgan fingerprint density at radius 3 is 2.37 bits per heavy atom. The zero-order valence-electron chi connectivity index (χ0n) is 20.2. The van der Waals surface area contributed by atoms with Crippen molar-refractivity contribution in [3.63, 3.8) is 0 Å². The molecule has 7 nitrogen and oxygen atoms in total. The smallest absolute Gasteiger partial charge is 0.430 e. The fourth-order valence-electron chi connectivity index (χ4n) is 7.18. The molecular formula is C25H36F2O7S. The van der Waals surface area contributed by atoms with Gasteiger partial charge in [-0.3, -0.25) is 14.1 Å². The van der Waals surface area contributed by atoms with E-state index in [1.807, 2.05) is 0 Å². The van der Waals surface area contributed by atoms with Crippen LogP contribution in [0.5, 0.6) is 0 Å². The highest BCUT2D eigenvalue weighted by molar-refractivity contribution is 7.87. The van der Waals surface area contributed by atoms with E-state index in [2.05, 4.69) is 0 Å². The first-order valence-electron chi connectivity index (χ1n) is 12.7. The summed E-state index contributed by atoms with van der Waals surface area (Å²) in [6.45, 7) is 2.26. The molecule has 5 unspecified atom stereocenters. The Hall–Kier alpha value is -1.39. The van der Waals surface area contributed by atoms with E-state index in [0.717, 1.165) is 11.8 Å². The third-order valence-corrected chi connectivity index (χ3v) is 9.41. The number of ketones is 1. The van der Waals surface area contributed by atoms with Gasteiger partial charge in [0.2, 0.25) is 5.78 Å². The molecule has 198 valence electrons. The standard InChI is InChI=1S/C25H36F2O7S/c1-24(23(29)34-15-33-14-20-8-16-3-2-4-17(7-16)9-20)12-18-5-6-21(11-19(10-18)13-24)22(28)25(26,27)35(30,31)32/h6,16-20H,2-5,7-15H2,1H3,(H,30,31,32). The van der Waals surface area contributed by atoms with E-state index in [9.17, 15) is 26.8 Å². The Morgan fingerprint density at radius 1 is 1.09 bits per heavy atom. The summed E-state index contributed by atoms with van der Waals surface area (Å²) in [6, 6.07) is 0. The summed E-state index contributed by atoms with van der Waals surface area (Å²) in [6.07, 6.45) is 10.7. The third kappa shape index (κ3) is 5.96. The average molecular weight is 519 g/mol. The van der Waals surface area contributed by atoms with Gasteiger partial charge in [0.15, 0.2) is 6.79 Å². The molecule has 0 aliphatic heterocycles. The van der Waals surface area contributed by atoms with Gasteiger partial charge in [0, 0.05) is 0 Å². The normalized spacial score (nSPS) is 35.5. The monoisotopic (exact) mass is 518 g/mol. The van der Waals surface area contributed by atoms with Crippen molar-refractivity contribution in [2.45, 2.75) is 82.8 Å². The SMILES string of the molecule is CC1(C(=O)OCOCC2CC3CCCC(C3)C2)CC2CC=C(C(=O)C(F)(F)S(=O)(=O)O)CC(C2)C1. The second-order valence-electron chi connectivity index (χ2n) is 11.6. The van der Waals surface area contributed by atoms with E-state index in [4.69, 9.17) is 14.0 Å². The molecule has 4 aliphatic rings. The minimum atomic E-state index is -5.86. The van der Waals surface area contributed by atoms with Gasteiger partial charge >= 0.3 is 21.3 Å². The van der Waals surface area contributed by atoms with Crippen LogP contribution in [0.2, 0.25) is 0 Å². The zero-order chi connectivity index (χ0) is 25.4. The van der Waals surface area contributed by atoms with Gasteiger partial charge < -0.3 is 9.47 Å². The summed E-state index contributed by atoms with van der Waals surface area (Å²) < 4.78 is 69.8. The summed E-state index contributed by atoms with van der Waals surface area (Å²) >= 11 is 0. The van der Waals surface area contributed by atoms with Crippen LogP contribution in [0.4, 0.5) is 8.78 Å². The van der Waals surface area contributed by atoms with Crippen LogP contribution in [0.3, 0.4) is 0 Å². The number of allylic oxidation sites excluding steroid dienone is 2. The summed E-state index contributed by atoms with van der Waals surface area (Å²) in [4.78, 5) is 25.2. The number of carbonyl (C=O) groups is 2. The van der Waals surface area contributed by atoms with Crippen LogP contribution in [0.1, 0.15) is 77.6 Å². The van der Waals surface area contributed by atoms with Gasteiger partial charge in [-0.1, -0.05) is 25.3 Å². The van der Waals surface area contributed by atoms with E-state index >= 15 is 0 Å². The molecule has 35 heavy (non-hydrogen) atoms. The highest BCUT2D eigenvalue weighted by Gasteiger charge is 2.54. The maximum absolute atomic E-state index is 13.9. The lowest BCUT2D eigenvalue weighted by atomic mass is 9.65. The van der Waals surface area contributed by atoms with Crippen molar-refractivity contribution in [3.8, 4) is 0 Å².